The summed E-state index contributed by atoms with van der Waals surface area (Å²) in [5.74, 6) is -0.394. The molecule has 3 aromatic rings. The van der Waals surface area contributed by atoms with E-state index in [1.165, 1.54) is 12.1 Å². The molecule has 0 spiro atoms. The molecule has 1 unspecified atom stereocenters. The van der Waals surface area contributed by atoms with Crippen molar-refractivity contribution in [1.29, 1.82) is 0 Å². The van der Waals surface area contributed by atoms with Crippen LogP contribution in [-0.2, 0) is 14.8 Å². The molecule has 0 saturated heterocycles. The van der Waals surface area contributed by atoms with Crippen LogP contribution in [0, 0.1) is 0 Å². The fourth-order valence-electron chi connectivity index (χ4n) is 2.75. The molecule has 3 rings (SSSR count). The van der Waals surface area contributed by atoms with Gasteiger partial charge >= 0.3 is 0 Å². The van der Waals surface area contributed by atoms with Crippen LogP contribution in [0.3, 0.4) is 0 Å². The van der Waals surface area contributed by atoms with Crippen molar-refractivity contribution < 1.29 is 13.2 Å². The molecule has 0 aromatic heterocycles. The Balaban J connectivity index is 1.80. The van der Waals surface area contributed by atoms with E-state index in [0.29, 0.717) is 12.1 Å². The van der Waals surface area contributed by atoms with E-state index in [2.05, 4.69) is 26.0 Å². The summed E-state index contributed by atoms with van der Waals surface area (Å²) >= 11 is 3.28. The molecule has 1 amide bonds. The van der Waals surface area contributed by atoms with E-state index in [0.717, 1.165) is 15.2 Å². The number of nitrogens with one attached hydrogen (secondary N) is 2. The van der Waals surface area contributed by atoms with Gasteiger partial charge < -0.3 is 5.32 Å². The van der Waals surface area contributed by atoms with Gasteiger partial charge in [-0.3, -0.25) is 4.79 Å². The number of carbonyl (C=O) groups excluding carboxylic acids is 1. The monoisotopic (exact) mass is 446 g/mol. The Morgan fingerprint density at radius 2 is 1.67 bits per heavy atom. The number of amides is 1. The fourth-order valence-corrected chi connectivity index (χ4v) is 4.29. The number of benzene rings is 3. The number of anilines is 1. The van der Waals surface area contributed by atoms with Gasteiger partial charge in [0.25, 0.3) is 0 Å². The Morgan fingerprint density at radius 3 is 2.37 bits per heavy atom. The van der Waals surface area contributed by atoms with Crippen LogP contribution in [-0.4, -0.2) is 20.4 Å². The molecule has 27 heavy (non-hydrogen) atoms. The van der Waals surface area contributed by atoms with Gasteiger partial charge in [0.15, 0.2) is 0 Å². The Morgan fingerprint density at radius 1 is 1.00 bits per heavy atom. The molecule has 140 valence electrons. The lowest BCUT2D eigenvalue weighted by atomic mass is 10.1. The van der Waals surface area contributed by atoms with Crippen molar-refractivity contribution in [3.05, 3.63) is 71.2 Å². The van der Waals surface area contributed by atoms with E-state index in [1.54, 1.807) is 25.1 Å². The van der Waals surface area contributed by atoms with Crippen LogP contribution in [0.25, 0.3) is 10.8 Å². The van der Waals surface area contributed by atoms with Crippen LogP contribution in [0.1, 0.15) is 13.3 Å². The van der Waals surface area contributed by atoms with Crippen molar-refractivity contribution in [2.24, 2.45) is 0 Å². The molecule has 0 aliphatic rings. The number of hydrogen-bond donors (Lipinski definition) is 2. The van der Waals surface area contributed by atoms with Crippen LogP contribution in [0.5, 0.6) is 0 Å². The van der Waals surface area contributed by atoms with Crippen LogP contribution < -0.4 is 10.0 Å². The Hall–Kier alpha value is -2.22. The van der Waals surface area contributed by atoms with Crippen LogP contribution in [0.4, 0.5) is 5.69 Å². The molecule has 0 aliphatic heterocycles. The zero-order valence-corrected chi connectivity index (χ0v) is 17.0. The summed E-state index contributed by atoms with van der Waals surface area (Å²) in [5, 5.41) is 4.75. The fraction of sp³-hybridized carbons (Fsp3) is 0.150. The minimum Gasteiger partial charge on any atom is -0.324 e. The second-order valence-electron chi connectivity index (χ2n) is 6.05. The average molecular weight is 447 g/mol. The molecule has 0 aliphatic carbocycles. The minimum absolute atomic E-state index is 0.113. The first-order valence-electron chi connectivity index (χ1n) is 8.47. The summed E-state index contributed by atoms with van der Waals surface area (Å²) in [6.45, 7) is 1.76. The maximum absolute atomic E-state index is 12.7. The maximum Gasteiger partial charge on any atom is 0.242 e. The summed E-state index contributed by atoms with van der Waals surface area (Å²) in [6, 6.07) is 18.7. The molecule has 0 fully saturated rings. The first-order valence-corrected chi connectivity index (χ1v) is 10.7. The van der Waals surface area contributed by atoms with Gasteiger partial charge in [0.2, 0.25) is 15.9 Å². The lowest BCUT2D eigenvalue weighted by Crippen LogP contribution is -2.43. The molecular weight excluding hydrogens is 428 g/mol. The number of rotatable bonds is 6. The molecule has 7 heteroatoms. The number of fused-ring (bicyclic) bond motifs is 1. The quantitative estimate of drug-likeness (QED) is 0.592. The van der Waals surface area contributed by atoms with Crippen molar-refractivity contribution in [1.82, 2.24) is 4.72 Å². The predicted octanol–water partition coefficient (Wildman–Crippen LogP) is 4.30. The summed E-state index contributed by atoms with van der Waals surface area (Å²) < 4.78 is 28.4. The highest BCUT2D eigenvalue weighted by molar-refractivity contribution is 9.10. The van der Waals surface area contributed by atoms with E-state index in [4.69, 9.17) is 0 Å². The molecule has 3 aromatic carbocycles. The van der Waals surface area contributed by atoms with Crippen molar-refractivity contribution in [2.45, 2.75) is 24.3 Å². The van der Waals surface area contributed by atoms with Gasteiger partial charge in [-0.2, -0.15) is 4.72 Å². The lowest BCUT2D eigenvalue weighted by molar-refractivity contribution is -0.117. The van der Waals surface area contributed by atoms with Gasteiger partial charge in [-0.1, -0.05) is 59.3 Å². The molecular formula is C20H19BrN2O3S. The summed E-state index contributed by atoms with van der Waals surface area (Å²) in [7, 11) is -3.80. The van der Waals surface area contributed by atoms with Gasteiger partial charge in [0.1, 0.15) is 6.04 Å². The second kappa shape index (κ2) is 8.21. The second-order valence-corrected chi connectivity index (χ2v) is 8.68. The van der Waals surface area contributed by atoms with Crippen LogP contribution >= 0.6 is 15.9 Å². The van der Waals surface area contributed by atoms with Crippen molar-refractivity contribution in [3.63, 3.8) is 0 Å². The third-order valence-electron chi connectivity index (χ3n) is 4.19. The highest BCUT2D eigenvalue weighted by Gasteiger charge is 2.24. The topological polar surface area (TPSA) is 75.3 Å². The van der Waals surface area contributed by atoms with Crippen molar-refractivity contribution in [3.8, 4) is 0 Å². The smallest absolute Gasteiger partial charge is 0.242 e. The van der Waals surface area contributed by atoms with Gasteiger partial charge in [0.05, 0.1) is 4.90 Å². The lowest BCUT2D eigenvalue weighted by Gasteiger charge is -2.18. The van der Waals surface area contributed by atoms with Gasteiger partial charge in [-0.05, 0) is 42.1 Å². The normalized spacial score (nSPS) is 12.7. The van der Waals surface area contributed by atoms with Crippen molar-refractivity contribution in [2.75, 3.05) is 5.32 Å². The largest absolute Gasteiger partial charge is 0.324 e. The zero-order chi connectivity index (χ0) is 19.4. The van der Waals surface area contributed by atoms with Crippen molar-refractivity contribution >= 4 is 48.3 Å². The van der Waals surface area contributed by atoms with E-state index in [9.17, 15) is 13.2 Å². The molecule has 0 bridgehead atoms. The zero-order valence-electron chi connectivity index (χ0n) is 14.6. The van der Waals surface area contributed by atoms with Gasteiger partial charge in [-0.15, -0.1) is 0 Å². The van der Waals surface area contributed by atoms with E-state index in [1.807, 2.05) is 36.4 Å². The molecule has 0 radical (unpaired) electrons. The van der Waals surface area contributed by atoms with E-state index in [-0.39, 0.29) is 4.90 Å². The summed E-state index contributed by atoms with van der Waals surface area (Å²) in [4.78, 5) is 12.8. The Bertz CT molecular complexity index is 1060. The average Bonchev–Trinajstić information content (AvgIpc) is 2.66. The van der Waals surface area contributed by atoms with Gasteiger partial charge in [0, 0.05) is 15.5 Å². The third kappa shape index (κ3) is 4.55. The summed E-state index contributed by atoms with van der Waals surface area (Å²) in [5.41, 5.74) is 0.652. The predicted molar refractivity (Wildman–Crippen MR) is 111 cm³/mol. The maximum atomic E-state index is 12.7. The van der Waals surface area contributed by atoms with Crippen LogP contribution in [0.15, 0.2) is 76.1 Å². The summed E-state index contributed by atoms with van der Waals surface area (Å²) in [6.07, 6.45) is 0.326. The van der Waals surface area contributed by atoms with E-state index < -0.39 is 22.0 Å². The SMILES string of the molecule is CCC(NS(=O)(=O)c1ccc(Br)cc1)C(=O)Nc1cccc2ccccc12. The molecule has 2 N–H and O–H groups in total. The highest BCUT2D eigenvalue weighted by atomic mass is 79.9. The number of hydrogen-bond acceptors (Lipinski definition) is 3. The Labute approximate surface area is 167 Å². The van der Waals surface area contributed by atoms with E-state index >= 15 is 0 Å². The molecule has 0 heterocycles. The number of halogens is 1. The third-order valence-corrected chi connectivity index (χ3v) is 6.21. The highest BCUT2D eigenvalue weighted by Crippen LogP contribution is 2.23. The first-order chi connectivity index (χ1) is 12.9. The molecule has 5 nitrogen and oxygen atoms in total. The first kappa shape index (κ1) is 19.5. The standard InChI is InChI=1S/C20H19BrN2O3S/c1-2-18(23-27(25,26)16-12-10-15(21)11-13-16)20(24)22-19-9-5-7-14-6-3-4-8-17(14)19/h3-13,18,23H,2H2,1H3,(H,22,24). The number of sulfonamides is 1. The van der Waals surface area contributed by atoms with Gasteiger partial charge in [-0.25, -0.2) is 8.42 Å². The Kier molecular flexibility index (Phi) is 5.94. The number of carbonyl (C=O) groups is 1. The minimum atomic E-state index is -3.80. The molecule has 0 saturated carbocycles. The molecule has 1 atom stereocenters. The van der Waals surface area contributed by atoms with Crippen LogP contribution in [0.2, 0.25) is 0 Å².